The van der Waals surface area contributed by atoms with Crippen molar-refractivity contribution in [3.8, 4) is 11.5 Å². The van der Waals surface area contributed by atoms with Crippen LogP contribution in [-0.2, 0) is 13.0 Å². The monoisotopic (exact) mass is 484 g/mol. The van der Waals surface area contributed by atoms with Gasteiger partial charge in [0.2, 0.25) is 0 Å². The number of halogens is 1. The van der Waals surface area contributed by atoms with E-state index in [9.17, 15) is 0 Å². The summed E-state index contributed by atoms with van der Waals surface area (Å²) < 4.78 is 11.1. The van der Waals surface area contributed by atoms with Crippen molar-refractivity contribution in [2.75, 3.05) is 27.3 Å². The molecule has 6 nitrogen and oxygen atoms in total. The SMILES string of the molecule is CCCOc1ccc(CNC(=NC)NCCc2ccccn2)cc1OC.I. The van der Waals surface area contributed by atoms with Gasteiger partial charge in [-0.2, -0.15) is 0 Å². The predicted molar refractivity (Wildman–Crippen MR) is 120 cm³/mol. The first-order valence-corrected chi connectivity index (χ1v) is 8.91. The number of ether oxygens (including phenoxy) is 2. The third-order valence-corrected chi connectivity index (χ3v) is 3.77. The van der Waals surface area contributed by atoms with E-state index >= 15 is 0 Å². The van der Waals surface area contributed by atoms with Gasteiger partial charge in [-0.05, 0) is 36.2 Å². The highest BCUT2D eigenvalue weighted by Gasteiger charge is 2.06. The first-order chi connectivity index (χ1) is 12.8. The molecule has 27 heavy (non-hydrogen) atoms. The average molecular weight is 484 g/mol. The summed E-state index contributed by atoms with van der Waals surface area (Å²) >= 11 is 0. The molecule has 0 radical (unpaired) electrons. The Morgan fingerprint density at radius 2 is 2.00 bits per heavy atom. The van der Waals surface area contributed by atoms with Gasteiger partial charge in [-0.25, -0.2) is 0 Å². The zero-order valence-electron chi connectivity index (χ0n) is 16.2. The fraction of sp³-hybridized carbons (Fsp3) is 0.400. The number of guanidine groups is 1. The van der Waals surface area contributed by atoms with Gasteiger partial charge < -0.3 is 20.1 Å². The quantitative estimate of drug-likeness (QED) is 0.325. The Morgan fingerprint density at radius 1 is 1.15 bits per heavy atom. The van der Waals surface area contributed by atoms with Crippen LogP contribution in [0.4, 0.5) is 0 Å². The van der Waals surface area contributed by atoms with Crippen molar-refractivity contribution in [1.29, 1.82) is 0 Å². The minimum absolute atomic E-state index is 0. The van der Waals surface area contributed by atoms with Gasteiger partial charge in [0.25, 0.3) is 0 Å². The Balaban J connectivity index is 0.00000364. The van der Waals surface area contributed by atoms with Crippen LogP contribution >= 0.6 is 24.0 Å². The predicted octanol–water partition coefficient (Wildman–Crippen LogP) is 3.40. The Morgan fingerprint density at radius 3 is 2.67 bits per heavy atom. The number of hydrogen-bond donors (Lipinski definition) is 2. The minimum Gasteiger partial charge on any atom is -0.493 e. The summed E-state index contributed by atoms with van der Waals surface area (Å²) in [4.78, 5) is 8.57. The lowest BCUT2D eigenvalue weighted by atomic mass is 10.2. The lowest BCUT2D eigenvalue weighted by Gasteiger charge is -2.14. The van der Waals surface area contributed by atoms with Gasteiger partial charge in [0, 0.05) is 38.4 Å². The zero-order valence-corrected chi connectivity index (χ0v) is 18.5. The van der Waals surface area contributed by atoms with E-state index in [2.05, 4.69) is 27.5 Å². The van der Waals surface area contributed by atoms with E-state index in [1.54, 1.807) is 14.2 Å². The van der Waals surface area contributed by atoms with Crippen LogP contribution in [0.25, 0.3) is 0 Å². The number of aliphatic imine (C=N–C) groups is 1. The molecule has 0 aliphatic rings. The van der Waals surface area contributed by atoms with Gasteiger partial charge in [0.15, 0.2) is 17.5 Å². The molecular formula is C20H29IN4O2. The fourth-order valence-electron chi connectivity index (χ4n) is 2.41. The molecule has 0 amide bonds. The van der Waals surface area contributed by atoms with Gasteiger partial charge >= 0.3 is 0 Å². The van der Waals surface area contributed by atoms with Crippen molar-refractivity contribution in [2.24, 2.45) is 4.99 Å². The molecule has 0 aliphatic heterocycles. The third kappa shape index (κ3) is 8.03. The topological polar surface area (TPSA) is 67.8 Å². The normalized spacial score (nSPS) is 10.7. The molecule has 0 bridgehead atoms. The molecule has 0 saturated carbocycles. The van der Waals surface area contributed by atoms with Crippen LogP contribution in [0, 0.1) is 0 Å². The van der Waals surface area contributed by atoms with Crippen LogP contribution in [0.1, 0.15) is 24.6 Å². The number of nitrogens with zero attached hydrogens (tertiary/aromatic N) is 2. The number of rotatable bonds is 9. The Labute approximate surface area is 178 Å². The van der Waals surface area contributed by atoms with Crippen molar-refractivity contribution in [3.05, 3.63) is 53.9 Å². The van der Waals surface area contributed by atoms with Crippen molar-refractivity contribution >= 4 is 29.9 Å². The molecule has 7 heteroatoms. The number of pyridine rings is 1. The van der Waals surface area contributed by atoms with Gasteiger partial charge in [0.1, 0.15) is 0 Å². The van der Waals surface area contributed by atoms with Crippen LogP contribution in [-0.4, -0.2) is 38.3 Å². The van der Waals surface area contributed by atoms with Crippen LogP contribution in [0.15, 0.2) is 47.6 Å². The lowest BCUT2D eigenvalue weighted by Crippen LogP contribution is -2.37. The van der Waals surface area contributed by atoms with Crippen molar-refractivity contribution in [1.82, 2.24) is 15.6 Å². The summed E-state index contributed by atoms with van der Waals surface area (Å²) in [7, 11) is 3.42. The maximum absolute atomic E-state index is 5.69. The summed E-state index contributed by atoms with van der Waals surface area (Å²) in [6.45, 7) is 4.18. The molecule has 0 fully saturated rings. The third-order valence-electron chi connectivity index (χ3n) is 3.77. The largest absolute Gasteiger partial charge is 0.493 e. The van der Waals surface area contributed by atoms with Crippen LogP contribution in [0.5, 0.6) is 11.5 Å². The van der Waals surface area contributed by atoms with Crippen LogP contribution in [0.2, 0.25) is 0 Å². The summed E-state index contributed by atoms with van der Waals surface area (Å²) in [5.41, 5.74) is 2.15. The van der Waals surface area contributed by atoms with E-state index in [0.29, 0.717) is 13.2 Å². The zero-order chi connectivity index (χ0) is 18.6. The average Bonchev–Trinajstić information content (AvgIpc) is 2.70. The Bertz CT molecular complexity index is 696. The molecule has 2 rings (SSSR count). The fourth-order valence-corrected chi connectivity index (χ4v) is 2.41. The summed E-state index contributed by atoms with van der Waals surface area (Å²) in [6.07, 6.45) is 3.62. The van der Waals surface area contributed by atoms with E-state index in [1.165, 1.54) is 0 Å². The van der Waals surface area contributed by atoms with E-state index in [0.717, 1.165) is 48.1 Å². The Kier molecular flexibility index (Phi) is 11.2. The second-order valence-corrected chi connectivity index (χ2v) is 5.76. The second-order valence-electron chi connectivity index (χ2n) is 5.76. The molecule has 0 saturated heterocycles. The molecule has 148 valence electrons. The standard InChI is InChI=1S/C20H28N4O2.HI/c1-4-13-26-18-9-8-16(14-19(18)25-3)15-24-20(21-2)23-12-10-17-7-5-6-11-22-17;/h5-9,11,14H,4,10,12-13,15H2,1-3H3,(H2,21,23,24);1H. The van der Waals surface area contributed by atoms with Gasteiger partial charge in [-0.1, -0.05) is 19.1 Å². The van der Waals surface area contributed by atoms with Gasteiger partial charge in [-0.15, -0.1) is 24.0 Å². The smallest absolute Gasteiger partial charge is 0.191 e. The lowest BCUT2D eigenvalue weighted by molar-refractivity contribution is 0.294. The molecule has 1 aromatic heterocycles. The molecule has 0 spiro atoms. The van der Waals surface area contributed by atoms with Gasteiger partial charge in [0.05, 0.1) is 13.7 Å². The van der Waals surface area contributed by atoms with Gasteiger partial charge in [-0.3, -0.25) is 9.98 Å². The second kappa shape index (κ2) is 13.2. The maximum Gasteiger partial charge on any atom is 0.191 e. The molecule has 0 unspecified atom stereocenters. The van der Waals surface area contributed by atoms with Crippen molar-refractivity contribution in [3.63, 3.8) is 0 Å². The Hall–Kier alpha value is -2.03. The first-order valence-electron chi connectivity index (χ1n) is 8.91. The summed E-state index contributed by atoms with van der Waals surface area (Å²) in [5.74, 6) is 2.28. The highest BCUT2D eigenvalue weighted by Crippen LogP contribution is 2.28. The number of hydrogen-bond acceptors (Lipinski definition) is 4. The highest BCUT2D eigenvalue weighted by atomic mass is 127. The van der Waals surface area contributed by atoms with E-state index < -0.39 is 0 Å². The number of methoxy groups -OCH3 is 1. The van der Waals surface area contributed by atoms with Crippen LogP contribution in [0.3, 0.4) is 0 Å². The minimum atomic E-state index is 0. The van der Waals surface area contributed by atoms with Crippen molar-refractivity contribution in [2.45, 2.75) is 26.3 Å². The maximum atomic E-state index is 5.69. The molecule has 1 heterocycles. The van der Waals surface area contributed by atoms with Crippen molar-refractivity contribution < 1.29 is 9.47 Å². The summed E-state index contributed by atoms with van der Waals surface area (Å²) in [5, 5.41) is 6.61. The molecular weight excluding hydrogens is 455 g/mol. The van der Waals surface area contributed by atoms with Crippen LogP contribution < -0.4 is 20.1 Å². The molecule has 0 atom stereocenters. The number of nitrogens with one attached hydrogen (secondary N) is 2. The number of benzene rings is 1. The van der Waals surface area contributed by atoms with E-state index in [-0.39, 0.29) is 24.0 Å². The van der Waals surface area contributed by atoms with E-state index in [1.807, 2.05) is 42.6 Å². The molecule has 2 N–H and O–H groups in total. The summed E-state index contributed by atoms with van der Waals surface area (Å²) in [6, 6.07) is 11.9. The first kappa shape index (κ1) is 23.0. The molecule has 0 aliphatic carbocycles. The molecule has 1 aromatic carbocycles. The highest BCUT2D eigenvalue weighted by molar-refractivity contribution is 14.0. The number of aromatic nitrogens is 1. The molecule has 2 aromatic rings. The van der Waals surface area contributed by atoms with E-state index in [4.69, 9.17) is 9.47 Å².